The number of esters is 1. The van der Waals surface area contributed by atoms with Gasteiger partial charge >= 0.3 is 24.0 Å². The van der Waals surface area contributed by atoms with Crippen LogP contribution >= 0.6 is 0 Å². The molecule has 0 bridgehead atoms. The molecule has 0 radical (unpaired) electrons. The summed E-state index contributed by atoms with van der Waals surface area (Å²) in [4.78, 5) is 11.8. The normalized spacial score (nSPS) is 19.3. The van der Waals surface area contributed by atoms with Crippen molar-refractivity contribution < 1.29 is 45.0 Å². The maximum atomic E-state index is 13.8. The number of aryl methyl sites for hydroxylation is 1. The Balaban J connectivity index is 1.95. The minimum absolute atomic E-state index is 0.184. The lowest BCUT2D eigenvalue weighted by Gasteiger charge is -2.38. The summed E-state index contributed by atoms with van der Waals surface area (Å²) in [6, 6.07) is 1.16. The summed E-state index contributed by atoms with van der Waals surface area (Å²) in [6.07, 6.45) is 4.75. The highest BCUT2D eigenvalue weighted by atomic mass is 19.4. The third kappa shape index (κ3) is 9.01. The third-order valence-corrected chi connectivity index (χ3v) is 8.54. The zero-order valence-corrected chi connectivity index (χ0v) is 26.0. The van der Waals surface area contributed by atoms with Gasteiger partial charge in [0.2, 0.25) is 0 Å². The first-order valence-corrected chi connectivity index (χ1v) is 15.1. The summed E-state index contributed by atoms with van der Waals surface area (Å²) in [5.41, 5.74) is 0.668. The molecule has 1 aromatic carbocycles. The Morgan fingerprint density at radius 2 is 1.43 bits per heavy atom. The van der Waals surface area contributed by atoms with Crippen LogP contribution in [0.2, 0.25) is 0 Å². The molecular formula is C32H47F7O3. The van der Waals surface area contributed by atoms with Crippen molar-refractivity contribution in [3.8, 4) is 11.5 Å². The predicted octanol–water partition coefficient (Wildman–Crippen LogP) is 10.6. The molecule has 1 aliphatic rings. The van der Waals surface area contributed by atoms with Crippen molar-refractivity contribution in [2.24, 2.45) is 17.8 Å². The zero-order chi connectivity index (χ0) is 32.1. The van der Waals surface area contributed by atoms with Gasteiger partial charge in [-0.3, -0.25) is 0 Å². The Bertz CT molecular complexity index is 1050. The van der Waals surface area contributed by atoms with Crippen molar-refractivity contribution in [3.63, 3.8) is 0 Å². The maximum absolute atomic E-state index is 13.8. The van der Waals surface area contributed by atoms with Crippen LogP contribution < -0.4 is 9.47 Å². The molecule has 3 nitrogen and oxygen atoms in total. The molecule has 0 fully saturated rings. The first-order chi connectivity index (χ1) is 19.2. The maximum Gasteiger partial charge on any atom is 0.460 e. The number of alkyl halides is 7. The van der Waals surface area contributed by atoms with E-state index in [4.69, 9.17) is 4.74 Å². The van der Waals surface area contributed by atoms with E-state index in [1.807, 2.05) is 6.92 Å². The lowest BCUT2D eigenvalue weighted by Crippen LogP contribution is -2.57. The van der Waals surface area contributed by atoms with E-state index < -0.39 is 35.3 Å². The molecule has 0 saturated carbocycles. The molecule has 242 valence electrons. The molecule has 0 aromatic heterocycles. The monoisotopic (exact) mass is 612 g/mol. The van der Waals surface area contributed by atoms with Crippen molar-refractivity contribution in [2.75, 3.05) is 0 Å². The Hall–Kier alpha value is -2.00. The first-order valence-electron chi connectivity index (χ1n) is 15.1. The van der Waals surface area contributed by atoms with E-state index in [0.717, 1.165) is 37.2 Å². The molecule has 0 N–H and O–H groups in total. The van der Waals surface area contributed by atoms with E-state index in [9.17, 15) is 35.5 Å². The Morgan fingerprint density at radius 1 is 0.905 bits per heavy atom. The smallest absolute Gasteiger partial charge is 0.460 e. The van der Waals surface area contributed by atoms with Gasteiger partial charge < -0.3 is 9.47 Å². The SMILES string of the molecule is Cc1cc(OC(=O)C(F)(F)C(F)(F)C(F)(F)F)c(C)c2c1OC(C)(CCCC(C)CCCC(C)CCCC(C)C)CC2. The Kier molecular flexibility index (Phi) is 12.2. The highest BCUT2D eigenvalue weighted by Crippen LogP contribution is 2.48. The number of benzene rings is 1. The summed E-state index contributed by atoms with van der Waals surface area (Å²) in [5.74, 6) is -13.6. The second-order valence-electron chi connectivity index (χ2n) is 13.1. The molecule has 3 unspecified atom stereocenters. The third-order valence-electron chi connectivity index (χ3n) is 8.54. The molecular weight excluding hydrogens is 565 g/mol. The quantitative estimate of drug-likeness (QED) is 0.112. The van der Waals surface area contributed by atoms with E-state index in [0.29, 0.717) is 35.6 Å². The summed E-state index contributed by atoms with van der Waals surface area (Å²) < 4.78 is 103. The van der Waals surface area contributed by atoms with E-state index in [2.05, 4.69) is 32.4 Å². The molecule has 0 spiro atoms. The molecule has 3 atom stereocenters. The lowest BCUT2D eigenvalue weighted by atomic mass is 9.84. The number of ether oxygens (including phenoxy) is 2. The molecule has 1 aromatic rings. The average Bonchev–Trinajstić information content (AvgIpc) is 2.86. The molecule has 10 heteroatoms. The molecule has 2 rings (SSSR count). The largest absolute Gasteiger partial charge is 0.487 e. The van der Waals surface area contributed by atoms with Gasteiger partial charge in [0, 0.05) is 5.56 Å². The van der Waals surface area contributed by atoms with Gasteiger partial charge in [-0.05, 0) is 81.4 Å². The standard InChI is InChI=1S/C32H47F7O3/c1-20(2)11-8-12-21(3)13-9-14-22(4)15-10-17-29(7)18-16-25-24(6)26(19-23(5)27(25)42-29)41-28(40)30(33,34)31(35,36)32(37,38)39/h19-22H,8-18H2,1-7H3. The van der Waals surface area contributed by atoms with Gasteiger partial charge in [0.15, 0.2) is 0 Å². The molecule has 1 heterocycles. The topological polar surface area (TPSA) is 35.5 Å². The summed E-state index contributed by atoms with van der Waals surface area (Å²) in [6.45, 7) is 14.1. The second kappa shape index (κ2) is 14.2. The van der Waals surface area contributed by atoms with E-state index >= 15 is 0 Å². The lowest BCUT2D eigenvalue weighted by molar-refractivity contribution is -0.346. The summed E-state index contributed by atoms with van der Waals surface area (Å²) in [5, 5.41) is 0. The van der Waals surface area contributed by atoms with Crippen LogP contribution in [-0.4, -0.2) is 29.6 Å². The van der Waals surface area contributed by atoms with Crippen LogP contribution in [0.1, 0.15) is 116 Å². The minimum atomic E-state index is -6.63. The van der Waals surface area contributed by atoms with Gasteiger partial charge in [0.05, 0.1) is 0 Å². The number of hydrogen-bond donors (Lipinski definition) is 0. The van der Waals surface area contributed by atoms with Crippen LogP contribution in [0.5, 0.6) is 11.5 Å². The van der Waals surface area contributed by atoms with Crippen molar-refractivity contribution >= 4 is 5.97 Å². The van der Waals surface area contributed by atoms with Gasteiger partial charge in [-0.2, -0.15) is 30.7 Å². The number of carbonyl (C=O) groups excluding carboxylic acids is 1. The molecule has 0 aliphatic carbocycles. The summed E-state index contributed by atoms with van der Waals surface area (Å²) >= 11 is 0. The van der Waals surface area contributed by atoms with Crippen LogP contribution in [0.3, 0.4) is 0 Å². The van der Waals surface area contributed by atoms with E-state index in [1.54, 1.807) is 6.92 Å². The number of carbonyl (C=O) groups is 1. The van der Waals surface area contributed by atoms with Gasteiger partial charge in [0.1, 0.15) is 17.1 Å². The Labute approximate surface area is 245 Å². The van der Waals surface area contributed by atoms with Crippen LogP contribution in [0, 0.1) is 31.6 Å². The van der Waals surface area contributed by atoms with Gasteiger partial charge in [-0.15, -0.1) is 0 Å². The fraction of sp³-hybridized carbons (Fsp3) is 0.781. The highest BCUT2D eigenvalue weighted by Gasteiger charge is 2.77. The van der Waals surface area contributed by atoms with Gasteiger partial charge in [-0.1, -0.05) is 72.6 Å². The summed E-state index contributed by atoms with van der Waals surface area (Å²) in [7, 11) is 0. The molecule has 42 heavy (non-hydrogen) atoms. The van der Waals surface area contributed by atoms with Crippen LogP contribution in [0.25, 0.3) is 0 Å². The van der Waals surface area contributed by atoms with E-state index in [-0.39, 0.29) is 5.56 Å². The van der Waals surface area contributed by atoms with Crippen LogP contribution in [-0.2, 0) is 11.2 Å². The van der Waals surface area contributed by atoms with Crippen molar-refractivity contribution in [1.29, 1.82) is 0 Å². The number of fused-ring (bicyclic) bond motifs is 1. The van der Waals surface area contributed by atoms with Crippen LogP contribution in [0.4, 0.5) is 30.7 Å². The number of rotatable bonds is 15. The van der Waals surface area contributed by atoms with Gasteiger partial charge in [0.25, 0.3) is 0 Å². The molecule has 0 saturated heterocycles. The van der Waals surface area contributed by atoms with E-state index in [1.165, 1.54) is 45.4 Å². The van der Waals surface area contributed by atoms with Gasteiger partial charge in [-0.25, -0.2) is 4.79 Å². The predicted molar refractivity (Wildman–Crippen MR) is 150 cm³/mol. The first kappa shape index (κ1) is 36.2. The average molecular weight is 613 g/mol. The second-order valence-corrected chi connectivity index (χ2v) is 13.1. The van der Waals surface area contributed by atoms with Crippen LogP contribution in [0.15, 0.2) is 6.07 Å². The Morgan fingerprint density at radius 3 is 1.95 bits per heavy atom. The molecule has 1 aliphatic heterocycles. The number of hydrogen-bond acceptors (Lipinski definition) is 3. The van der Waals surface area contributed by atoms with Crippen molar-refractivity contribution in [1.82, 2.24) is 0 Å². The van der Waals surface area contributed by atoms with Crippen molar-refractivity contribution in [2.45, 2.75) is 143 Å². The fourth-order valence-corrected chi connectivity index (χ4v) is 5.61. The zero-order valence-electron chi connectivity index (χ0n) is 26.0. The van der Waals surface area contributed by atoms with Crippen molar-refractivity contribution in [3.05, 3.63) is 22.8 Å². The number of halogens is 7. The molecule has 0 amide bonds. The minimum Gasteiger partial charge on any atom is -0.487 e. The highest BCUT2D eigenvalue weighted by molar-refractivity contribution is 5.82. The fourth-order valence-electron chi connectivity index (χ4n) is 5.61.